The van der Waals surface area contributed by atoms with Gasteiger partial charge in [-0.1, -0.05) is 0 Å². The third-order valence-corrected chi connectivity index (χ3v) is 3.52. The van der Waals surface area contributed by atoms with E-state index >= 15 is 0 Å². The van der Waals surface area contributed by atoms with E-state index < -0.39 is 11.9 Å². The Bertz CT molecular complexity index is 826. The molecule has 0 saturated carbocycles. The van der Waals surface area contributed by atoms with E-state index in [-0.39, 0.29) is 16.7 Å². The Hall–Kier alpha value is -2.49. The van der Waals surface area contributed by atoms with Crippen LogP contribution >= 0.6 is 11.3 Å². The Morgan fingerprint density at radius 2 is 2.00 bits per heavy atom. The van der Waals surface area contributed by atoms with Crippen LogP contribution in [0.2, 0.25) is 0 Å². The molecule has 0 saturated heterocycles. The van der Waals surface area contributed by atoms with Gasteiger partial charge < -0.3 is 10.1 Å². The number of halogens is 3. The van der Waals surface area contributed by atoms with Crippen LogP contribution in [0.4, 0.5) is 13.2 Å². The number of aromatic hydroxyl groups is 1. The first-order chi connectivity index (χ1) is 10.3. The van der Waals surface area contributed by atoms with Gasteiger partial charge in [0.05, 0.1) is 17.6 Å². The van der Waals surface area contributed by atoms with Crippen molar-refractivity contribution >= 4 is 11.3 Å². The van der Waals surface area contributed by atoms with Gasteiger partial charge in [0.15, 0.2) is 16.5 Å². The van der Waals surface area contributed by atoms with Gasteiger partial charge in [-0.05, 0) is 6.92 Å². The van der Waals surface area contributed by atoms with Gasteiger partial charge in [-0.25, -0.2) is 15.0 Å². The number of hydrogen-bond donors (Lipinski definition) is 2. The summed E-state index contributed by atoms with van der Waals surface area (Å²) in [5, 5.41) is 10.5. The lowest BCUT2D eigenvalue weighted by Gasteiger charge is -2.02. The molecule has 0 amide bonds. The zero-order valence-corrected chi connectivity index (χ0v) is 11.8. The Morgan fingerprint density at radius 3 is 2.59 bits per heavy atom. The Kier molecular flexibility index (Phi) is 3.32. The molecule has 0 aliphatic rings. The summed E-state index contributed by atoms with van der Waals surface area (Å²) in [7, 11) is 0. The van der Waals surface area contributed by atoms with E-state index in [1.807, 2.05) is 0 Å². The standard InChI is InChI=1S/C12H8F3N5OS/c1-5-16-3-7(17-5)6-2-9(21)20-10(18-6)11-19-8(4-22-11)12(13,14)15/h2-4H,1H3,(H,16,17)(H,18,20,21). The smallest absolute Gasteiger partial charge is 0.434 e. The molecule has 114 valence electrons. The molecule has 3 aromatic rings. The van der Waals surface area contributed by atoms with Gasteiger partial charge in [-0.2, -0.15) is 18.2 Å². The van der Waals surface area contributed by atoms with Gasteiger partial charge >= 0.3 is 6.18 Å². The van der Waals surface area contributed by atoms with E-state index in [0.717, 1.165) is 16.7 Å². The molecule has 0 fully saturated rings. The van der Waals surface area contributed by atoms with Crippen LogP contribution in [0.3, 0.4) is 0 Å². The molecule has 0 aliphatic carbocycles. The van der Waals surface area contributed by atoms with E-state index in [1.54, 1.807) is 6.92 Å². The van der Waals surface area contributed by atoms with Gasteiger partial charge in [0.25, 0.3) is 0 Å². The minimum absolute atomic E-state index is 0.0271. The molecule has 3 heterocycles. The highest BCUT2D eigenvalue weighted by atomic mass is 32.1. The highest BCUT2D eigenvalue weighted by Crippen LogP contribution is 2.33. The first-order valence-corrected chi connectivity index (χ1v) is 6.84. The fraction of sp³-hybridized carbons (Fsp3) is 0.167. The summed E-state index contributed by atoms with van der Waals surface area (Å²) < 4.78 is 37.8. The van der Waals surface area contributed by atoms with Crippen molar-refractivity contribution in [1.82, 2.24) is 24.9 Å². The highest BCUT2D eigenvalue weighted by molar-refractivity contribution is 7.13. The average Bonchev–Trinajstić information content (AvgIpc) is 3.05. The number of alkyl halides is 3. The number of hydrogen-bond acceptors (Lipinski definition) is 6. The molecule has 0 atom stereocenters. The second-order valence-electron chi connectivity index (χ2n) is 4.35. The van der Waals surface area contributed by atoms with Gasteiger partial charge in [0, 0.05) is 11.4 Å². The fourth-order valence-electron chi connectivity index (χ4n) is 1.73. The van der Waals surface area contributed by atoms with Crippen LogP contribution in [0.5, 0.6) is 5.88 Å². The van der Waals surface area contributed by atoms with Crippen LogP contribution in [0, 0.1) is 6.92 Å². The molecule has 0 bridgehead atoms. The summed E-state index contributed by atoms with van der Waals surface area (Å²) >= 11 is 0.754. The third-order valence-electron chi connectivity index (χ3n) is 2.68. The molecule has 3 rings (SSSR count). The number of imidazole rings is 1. The zero-order chi connectivity index (χ0) is 15.9. The van der Waals surface area contributed by atoms with Crippen molar-refractivity contribution < 1.29 is 18.3 Å². The molecule has 3 aromatic heterocycles. The highest BCUT2D eigenvalue weighted by Gasteiger charge is 2.34. The minimum atomic E-state index is -4.53. The maximum absolute atomic E-state index is 12.6. The second-order valence-corrected chi connectivity index (χ2v) is 5.21. The van der Waals surface area contributed by atoms with Crippen molar-refractivity contribution in [1.29, 1.82) is 0 Å². The third kappa shape index (κ3) is 2.77. The summed E-state index contributed by atoms with van der Waals surface area (Å²) in [4.78, 5) is 18.2. The molecule has 0 aliphatic heterocycles. The van der Waals surface area contributed by atoms with Crippen molar-refractivity contribution in [2.75, 3.05) is 0 Å². The Balaban J connectivity index is 2.04. The number of nitrogens with one attached hydrogen (secondary N) is 1. The van der Waals surface area contributed by atoms with Crippen LogP contribution in [-0.2, 0) is 6.18 Å². The lowest BCUT2D eigenvalue weighted by atomic mass is 10.3. The number of aromatic nitrogens is 5. The Labute approximate surface area is 125 Å². The number of aromatic amines is 1. The van der Waals surface area contributed by atoms with E-state index in [9.17, 15) is 18.3 Å². The maximum Gasteiger partial charge on any atom is 0.434 e. The second kappa shape index (κ2) is 5.05. The van der Waals surface area contributed by atoms with Crippen molar-refractivity contribution in [3.8, 4) is 28.1 Å². The number of H-pyrrole nitrogens is 1. The number of thiazole rings is 1. The first kappa shape index (κ1) is 14.4. The molecule has 6 nitrogen and oxygen atoms in total. The van der Waals surface area contributed by atoms with Crippen LogP contribution < -0.4 is 0 Å². The molecule has 0 unspecified atom stereocenters. The van der Waals surface area contributed by atoms with Crippen LogP contribution in [0.15, 0.2) is 17.6 Å². The molecular weight excluding hydrogens is 319 g/mol. The van der Waals surface area contributed by atoms with Crippen molar-refractivity contribution in [2.45, 2.75) is 13.1 Å². The zero-order valence-electron chi connectivity index (χ0n) is 11.0. The van der Waals surface area contributed by atoms with Gasteiger partial charge in [0.2, 0.25) is 5.88 Å². The summed E-state index contributed by atoms with van der Waals surface area (Å²) in [6, 6.07) is 1.29. The molecule has 0 aromatic carbocycles. The molecule has 0 radical (unpaired) electrons. The first-order valence-electron chi connectivity index (χ1n) is 5.96. The minimum Gasteiger partial charge on any atom is -0.493 e. The summed E-state index contributed by atoms with van der Waals surface area (Å²) in [6.45, 7) is 1.74. The average molecular weight is 327 g/mol. The van der Waals surface area contributed by atoms with Crippen molar-refractivity contribution in [2.24, 2.45) is 0 Å². The maximum atomic E-state index is 12.6. The number of aryl methyl sites for hydroxylation is 1. The van der Waals surface area contributed by atoms with Gasteiger partial charge in [0.1, 0.15) is 5.82 Å². The topological polar surface area (TPSA) is 87.6 Å². The molecule has 10 heteroatoms. The molecule has 22 heavy (non-hydrogen) atoms. The van der Waals surface area contributed by atoms with Crippen molar-refractivity contribution in [3.63, 3.8) is 0 Å². The van der Waals surface area contributed by atoms with E-state index in [4.69, 9.17) is 0 Å². The normalized spacial score (nSPS) is 11.8. The van der Waals surface area contributed by atoms with Gasteiger partial charge in [-0.15, -0.1) is 11.3 Å². The SMILES string of the molecule is Cc1ncc(-c2cc(O)nc(-c3nc(C(F)(F)F)cs3)n2)[nH]1. The predicted molar refractivity (Wildman–Crippen MR) is 72.1 cm³/mol. The van der Waals surface area contributed by atoms with Crippen molar-refractivity contribution in [3.05, 3.63) is 29.2 Å². The Morgan fingerprint density at radius 1 is 1.23 bits per heavy atom. The van der Waals surface area contributed by atoms with E-state index in [0.29, 0.717) is 17.2 Å². The van der Waals surface area contributed by atoms with E-state index in [2.05, 4.69) is 24.9 Å². The van der Waals surface area contributed by atoms with Crippen LogP contribution in [-0.4, -0.2) is 30.0 Å². The summed E-state index contributed by atoms with van der Waals surface area (Å²) in [5.41, 5.74) is -0.186. The summed E-state index contributed by atoms with van der Waals surface area (Å²) in [5.74, 6) is 0.196. The van der Waals surface area contributed by atoms with E-state index in [1.165, 1.54) is 12.3 Å². The number of nitrogens with zero attached hydrogens (tertiary/aromatic N) is 4. The summed E-state index contributed by atoms with van der Waals surface area (Å²) in [6.07, 6.45) is -3.03. The fourth-order valence-corrected chi connectivity index (χ4v) is 2.48. The van der Waals surface area contributed by atoms with Gasteiger partial charge in [-0.3, -0.25) is 0 Å². The quantitative estimate of drug-likeness (QED) is 0.755. The lowest BCUT2D eigenvalue weighted by molar-refractivity contribution is -0.140. The monoisotopic (exact) mass is 327 g/mol. The number of rotatable bonds is 2. The largest absolute Gasteiger partial charge is 0.493 e. The van der Waals surface area contributed by atoms with Crippen LogP contribution in [0.1, 0.15) is 11.5 Å². The molecule has 0 spiro atoms. The molecule has 2 N–H and O–H groups in total. The molecular formula is C12H8F3N5OS. The lowest BCUT2D eigenvalue weighted by Crippen LogP contribution is -2.05. The predicted octanol–water partition coefficient (Wildman–Crippen LogP) is 3.02. The van der Waals surface area contributed by atoms with Crippen LogP contribution in [0.25, 0.3) is 22.2 Å².